The number of carboxylic acids is 1. The van der Waals surface area contributed by atoms with Gasteiger partial charge in [-0.1, -0.05) is 38.0 Å². The second-order valence-electron chi connectivity index (χ2n) is 4.61. The highest BCUT2D eigenvalue weighted by Gasteiger charge is 2.32. The van der Waals surface area contributed by atoms with Gasteiger partial charge in [0.05, 0.1) is 6.54 Å². The zero-order chi connectivity index (χ0) is 15.1. The van der Waals surface area contributed by atoms with Crippen LogP contribution in [-0.4, -0.2) is 34.6 Å². The molecule has 0 saturated carbocycles. The lowest BCUT2D eigenvalue weighted by molar-refractivity contribution is -0.145. The van der Waals surface area contributed by atoms with E-state index in [1.807, 2.05) is 0 Å². The van der Waals surface area contributed by atoms with Crippen LogP contribution in [0.5, 0.6) is 0 Å². The summed E-state index contributed by atoms with van der Waals surface area (Å²) in [5.74, 6) is 0.590. The molecule has 20 heavy (non-hydrogen) atoms. The summed E-state index contributed by atoms with van der Waals surface area (Å²) in [7, 11) is 0. The Balaban J connectivity index is 3.08. The van der Waals surface area contributed by atoms with Crippen molar-refractivity contribution in [3.05, 3.63) is 35.9 Å². The van der Waals surface area contributed by atoms with Crippen molar-refractivity contribution in [2.45, 2.75) is 19.9 Å². The lowest BCUT2D eigenvalue weighted by atomic mass is 10.0. The fraction of sp³-hybridized carbons (Fsp3) is 0.333. The first kappa shape index (κ1) is 15.7. The maximum absolute atomic E-state index is 12.4. The average Bonchev–Trinajstić information content (AvgIpc) is 2.42. The van der Waals surface area contributed by atoms with Crippen LogP contribution in [0.1, 0.15) is 24.2 Å². The number of hydrazine groups is 1. The summed E-state index contributed by atoms with van der Waals surface area (Å²) in [5, 5.41) is 10.4. The number of aliphatic carboxylic acids is 1. The van der Waals surface area contributed by atoms with Gasteiger partial charge in [0.25, 0.3) is 5.91 Å². The van der Waals surface area contributed by atoms with E-state index in [0.717, 1.165) is 5.01 Å². The molecular formula is C15H18N2O3. The molecule has 1 aromatic carbocycles. The number of carbonyl (C=O) groups is 2. The second-order valence-corrected chi connectivity index (χ2v) is 4.61. The van der Waals surface area contributed by atoms with Crippen LogP contribution < -0.4 is 5.43 Å². The second kappa shape index (κ2) is 7.31. The minimum absolute atomic E-state index is 0.0784. The van der Waals surface area contributed by atoms with Gasteiger partial charge >= 0.3 is 5.97 Å². The number of hydrogen-bond acceptors (Lipinski definition) is 3. The zero-order valence-corrected chi connectivity index (χ0v) is 11.5. The smallest absolute Gasteiger partial charge is 0.328 e. The van der Waals surface area contributed by atoms with E-state index in [1.165, 1.54) is 0 Å². The van der Waals surface area contributed by atoms with E-state index in [-0.39, 0.29) is 12.5 Å². The molecule has 1 aromatic rings. The number of carboxylic acid groups (broad SMARTS) is 1. The molecule has 5 heteroatoms. The Kier molecular flexibility index (Phi) is 5.75. The first-order valence-corrected chi connectivity index (χ1v) is 6.27. The third-order valence-electron chi connectivity index (χ3n) is 2.75. The van der Waals surface area contributed by atoms with Crippen molar-refractivity contribution in [1.29, 1.82) is 0 Å². The molecule has 0 radical (unpaired) electrons. The summed E-state index contributed by atoms with van der Waals surface area (Å²) in [6, 6.07) is 7.50. The van der Waals surface area contributed by atoms with Crippen LogP contribution in [0.4, 0.5) is 0 Å². The SMILES string of the molecule is C#CCNN(C(=O)c1ccccc1)[C@H](C(=O)O)C(C)C. The van der Waals surface area contributed by atoms with E-state index >= 15 is 0 Å². The van der Waals surface area contributed by atoms with Crippen molar-refractivity contribution in [2.24, 2.45) is 5.92 Å². The Hall–Kier alpha value is -2.32. The number of nitrogens with zero attached hydrogens (tertiary/aromatic N) is 1. The van der Waals surface area contributed by atoms with Gasteiger partial charge < -0.3 is 5.11 Å². The van der Waals surface area contributed by atoms with Crippen LogP contribution >= 0.6 is 0 Å². The molecule has 0 fully saturated rings. The summed E-state index contributed by atoms with van der Waals surface area (Å²) in [5.41, 5.74) is 3.10. The highest BCUT2D eigenvalue weighted by Crippen LogP contribution is 2.13. The van der Waals surface area contributed by atoms with Gasteiger partial charge in [-0.05, 0) is 18.1 Å². The molecule has 0 aliphatic rings. The fourth-order valence-electron chi connectivity index (χ4n) is 1.84. The van der Waals surface area contributed by atoms with Crippen molar-refractivity contribution in [2.75, 3.05) is 6.54 Å². The predicted molar refractivity (Wildman–Crippen MR) is 75.7 cm³/mol. The Morgan fingerprint density at radius 1 is 1.35 bits per heavy atom. The maximum Gasteiger partial charge on any atom is 0.328 e. The van der Waals surface area contributed by atoms with Gasteiger partial charge in [-0.25, -0.2) is 10.2 Å². The van der Waals surface area contributed by atoms with Crippen LogP contribution in [0.2, 0.25) is 0 Å². The molecule has 0 saturated heterocycles. The minimum Gasteiger partial charge on any atom is -0.480 e. The summed E-state index contributed by atoms with van der Waals surface area (Å²) >= 11 is 0. The first-order chi connectivity index (χ1) is 9.49. The number of carbonyl (C=O) groups excluding carboxylic acids is 1. The van der Waals surface area contributed by atoms with Crippen molar-refractivity contribution >= 4 is 11.9 Å². The Labute approximate surface area is 118 Å². The van der Waals surface area contributed by atoms with E-state index in [1.54, 1.807) is 44.2 Å². The number of nitrogens with one attached hydrogen (secondary N) is 1. The predicted octanol–water partition coefficient (Wildman–Crippen LogP) is 1.38. The third kappa shape index (κ3) is 3.84. The Bertz CT molecular complexity index is 506. The van der Waals surface area contributed by atoms with Crippen LogP contribution in [0.25, 0.3) is 0 Å². The van der Waals surface area contributed by atoms with E-state index in [4.69, 9.17) is 6.42 Å². The number of terminal acetylenes is 1. The monoisotopic (exact) mass is 274 g/mol. The van der Waals surface area contributed by atoms with Gasteiger partial charge in [-0.15, -0.1) is 6.42 Å². The highest BCUT2D eigenvalue weighted by molar-refractivity contribution is 5.96. The van der Waals surface area contributed by atoms with Gasteiger partial charge in [0, 0.05) is 5.56 Å². The van der Waals surface area contributed by atoms with Gasteiger partial charge in [-0.3, -0.25) is 9.80 Å². The summed E-state index contributed by atoms with van der Waals surface area (Å²) < 4.78 is 0. The van der Waals surface area contributed by atoms with E-state index in [9.17, 15) is 14.7 Å². The lowest BCUT2D eigenvalue weighted by Crippen LogP contribution is -2.55. The third-order valence-corrected chi connectivity index (χ3v) is 2.75. The molecule has 0 bridgehead atoms. The lowest BCUT2D eigenvalue weighted by Gasteiger charge is -2.31. The van der Waals surface area contributed by atoms with Crippen LogP contribution in [0.15, 0.2) is 30.3 Å². The summed E-state index contributed by atoms with van der Waals surface area (Å²) in [6.45, 7) is 3.55. The molecule has 0 heterocycles. The number of amides is 1. The molecule has 0 spiro atoms. The van der Waals surface area contributed by atoms with Crippen LogP contribution in [-0.2, 0) is 4.79 Å². The van der Waals surface area contributed by atoms with Gasteiger partial charge in [0.1, 0.15) is 6.04 Å². The molecule has 0 aromatic heterocycles. The van der Waals surface area contributed by atoms with Gasteiger partial charge in [0.2, 0.25) is 0 Å². The molecule has 2 N–H and O–H groups in total. The van der Waals surface area contributed by atoms with E-state index in [0.29, 0.717) is 5.56 Å². The van der Waals surface area contributed by atoms with E-state index < -0.39 is 17.9 Å². The molecule has 1 rings (SSSR count). The topological polar surface area (TPSA) is 69.6 Å². The Morgan fingerprint density at radius 3 is 2.40 bits per heavy atom. The number of benzene rings is 1. The molecule has 1 atom stereocenters. The molecule has 106 valence electrons. The summed E-state index contributed by atoms with van der Waals surface area (Å²) in [6.07, 6.45) is 5.17. The van der Waals surface area contributed by atoms with Gasteiger partial charge in [0.15, 0.2) is 0 Å². The van der Waals surface area contributed by atoms with Crippen molar-refractivity contribution in [1.82, 2.24) is 10.4 Å². The van der Waals surface area contributed by atoms with Crippen molar-refractivity contribution in [3.63, 3.8) is 0 Å². The largest absolute Gasteiger partial charge is 0.480 e. The average molecular weight is 274 g/mol. The zero-order valence-electron chi connectivity index (χ0n) is 11.5. The van der Waals surface area contributed by atoms with Crippen molar-refractivity contribution < 1.29 is 14.7 Å². The first-order valence-electron chi connectivity index (χ1n) is 6.27. The normalized spacial score (nSPS) is 11.7. The van der Waals surface area contributed by atoms with E-state index in [2.05, 4.69) is 11.3 Å². The Morgan fingerprint density at radius 2 is 1.95 bits per heavy atom. The fourth-order valence-corrected chi connectivity index (χ4v) is 1.84. The molecule has 0 aliphatic carbocycles. The standard InChI is InChI=1S/C15H18N2O3/c1-4-10-16-17(13(11(2)3)15(19)20)14(18)12-8-6-5-7-9-12/h1,5-9,11,13,16H,10H2,2-3H3,(H,19,20)/t13-/m0/s1. The molecule has 0 aliphatic heterocycles. The molecule has 1 amide bonds. The summed E-state index contributed by atoms with van der Waals surface area (Å²) in [4.78, 5) is 23.8. The van der Waals surface area contributed by atoms with Gasteiger partial charge in [-0.2, -0.15) is 0 Å². The quantitative estimate of drug-likeness (QED) is 0.607. The molecule has 5 nitrogen and oxygen atoms in total. The maximum atomic E-state index is 12.4. The van der Waals surface area contributed by atoms with Crippen LogP contribution in [0, 0.1) is 18.3 Å². The molecule has 0 unspecified atom stereocenters. The highest BCUT2D eigenvalue weighted by atomic mass is 16.4. The van der Waals surface area contributed by atoms with Crippen molar-refractivity contribution in [3.8, 4) is 12.3 Å². The number of rotatable bonds is 6. The number of hydrogen-bond donors (Lipinski definition) is 2. The minimum atomic E-state index is -1.08. The molecular weight excluding hydrogens is 256 g/mol. The van der Waals surface area contributed by atoms with Crippen LogP contribution in [0.3, 0.4) is 0 Å².